The van der Waals surface area contributed by atoms with Crippen LogP contribution < -0.4 is 10.4 Å². The largest absolute Gasteiger partial charge is 0.165 e. The molecule has 0 aliphatic heterocycles. The highest BCUT2D eigenvalue weighted by Gasteiger charge is 2.31. The first-order chi connectivity index (χ1) is 10.3. The summed E-state index contributed by atoms with van der Waals surface area (Å²) in [5, 5.41) is 2.71. The fraction of sp³-hybridized carbons (Fsp3) is 0. The molecule has 0 aliphatic carbocycles. The van der Waals surface area contributed by atoms with Gasteiger partial charge in [0.05, 0.1) is 0 Å². The van der Waals surface area contributed by atoms with Gasteiger partial charge in [-0.05, 0) is 10.4 Å². The maximum Gasteiger partial charge on any atom is 0.165 e. The zero-order chi connectivity index (χ0) is 15.0. The second kappa shape index (κ2) is 7.41. The van der Waals surface area contributed by atoms with Crippen molar-refractivity contribution >= 4 is 18.4 Å². The van der Waals surface area contributed by atoms with Crippen LogP contribution in [-0.2, 0) is 0 Å². The molecule has 0 fully saturated rings. The SMILES string of the molecule is C=CC=C[Si](C=CC=C)(c1ccccc1)c1ccccc1. The van der Waals surface area contributed by atoms with E-state index in [-0.39, 0.29) is 0 Å². The Kier molecular flexibility index (Phi) is 5.30. The molecule has 0 saturated heterocycles. The van der Waals surface area contributed by atoms with Gasteiger partial charge in [0, 0.05) is 0 Å². The van der Waals surface area contributed by atoms with Crippen molar-refractivity contribution in [2.75, 3.05) is 0 Å². The van der Waals surface area contributed by atoms with E-state index in [0.717, 1.165) is 0 Å². The summed E-state index contributed by atoms with van der Waals surface area (Å²) >= 11 is 0. The Morgan fingerprint density at radius 2 is 1.00 bits per heavy atom. The average molecular weight is 288 g/mol. The van der Waals surface area contributed by atoms with Crippen LogP contribution in [0.2, 0.25) is 0 Å². The number of allylic oxidation sites excluding steroid dienone is 4. The lowest BCUT2D eigenvalue weighted by Gasteiger charge is -2.26. The highest BCUT2D eigenvalue weighted by Crippen LogP contribution is 2.10. The molecule has 0 aromatic heterocycles. The minimum Gasteiger partial charge on any atom is -0.0991 e. The van der Waals surface area contributed by atoms with Crippen LogP contribution in [0.4, 0.5) is 0 Å². The van der Waals surface area contributed by atoms with Crippen molar-refractivity contribution in [1.82, 2.24) is 0 Å². The van der Waals surface area contributed by atoms with E-state index in [1.807, 2.05) is 12.2 Å². The van der Waals surface area contributed by atoms with E-state index in [4.69, 9.17) is 0 Å². The molecule has 0 saturated carbocycles. The van der Waals surface area contributed by atoms with Crippen LogP contribution in [-0.4, -0.2) is 8.07 Å². The van der Waals surface area contributed by atoms with Gasteiger partial charge in [-0.1, -0.05) is 110 Å². The van der Waals surface area contributed by atoms with Crippen molar-refractivity contribution in [2.45, 2.75) is 0 Å². The van der Waals surface area contributed by atoms with Crippen LogP contribution in [0, 0.1) is 0 Å². The van der Waals surface area contributed by atoms with Crippen molar-refractivity contribution in [3.05, 3.63) is 110 Å². The summed E-state index contributed by atoms with van der Waals surface area (Å²) in [5.41, 5.74) is 4.62. The Morgan fingerprint density at radius 1 is 0.619 bits per heavy atom. The van der Waals surface area contributed by atoms with Crippen LogP contribution in [0.25, 0.3) is 0 Å². The summed E-state index contributed by atoms with van der Waals surface area (Å²) in [5.74, 6) is 0. The monoisotopic (exact) mass is 288 g/mol. The fourth-order valence-electron chi connectivity index (χ4n) is 2.47. The first kappa shape index (κ1) is 15.0. The van der Waals surface area contributed by atoms with Crippen molar-refractivity contribution in [3.63, 3.8) is 0 Å². The zero-order valence-corrected chi connectivity index (χ0v) is 13.2. The predicted molar refractivity (Wildman–Crippen MR) is 96.6 cm³/mol. The topological polar surface area (TPSA) is 0 Å². The van der Waals surface area contributed by atoms with Crippen molar-refractivity contribution in [3.8, 4) is 0 Å². The maximum absolute atomic E-state index is 3.82. The molecule has 0 radical (unpaired) electrons. The zero-order valence-electron chi connectivity index (χ0n) is 12.2. The molecule has 0 amide bonds. The molecule has 2 rings (SSSR count). The van der Waals surface area contributed by atoms with Gasteiger partial charge >= 0.3 is 0 Å². The Labute approximate surface area is 128 Å². The maximum atomic E-state index is 3.82. The molecule has 0 unspecified atom stereocenters. The van der Waals surface area contributed by atoms with E-state index in [1.165, 1.54) is 10.4 Å². The quantitative estimate of drug-likeness (QED) is 0.560. The minimum absolute atomic E-state index is 1.35. The number of rotatable bonds is 6. The Morgan fingerprint density at radius 3 is 1.33 bits per heavy atom. The summed E-state index contributed by atoms with van der Waals surface area (Å²) in [7, 11) is -2.09. The Balaban J connectivity index is 2.70. The third-order valence-electron chi connectivity index (χ3n) is 3.49. The van der Waals surface area contributed by atoms with Gasteiger partial charge in [0.25, 0.3) is 0 Å². The highest BCUT2D eigenvalue weighted by molar-refractivity contribution is 7.09. The molecule has 0 atom stereocenters. The standard InChI is InChI=1S/C20H20Si/c1-3-5-17-21(18-6-4-2,19-13-9-7-10-14-19)20-15-11-8-12-16-20/h3-18H,1-2H2. The predicted octanol–water partition coefficient (Wildman–Crippen LogP) is 3.81. The minimum atomic E-state index is -2.09. The molecule has 21 heavy (non-hydrogen) atoms. The van der Waals surface area contributed by atoms with Crippen molar-refractivity contribution < 1.29 is 0 Å². The molecular formula is C20H20Si. The molecule has 0 N–H and O–H groups in total. The molecule has 0 aliphatic rings. The summed E-state index contributed by atoms with van der Waals surface area (Å²) in [6.45, 7) is 7.65. The van der Waals surface area contributed by atoms with E-state index >= 15 is 0 Å². The summed E-state index contributed by atoms with van der Waals surface area (Å²) in [4.78, 5) is 0. The van der Waals surface area contributed by atoms with Crippen molar-refractivity contribution in [2.24, 2.45) is 0 Å². The van der Waals surface area contributed by atoms with Gasteiger partial charge in [-0.2, -0.15) is 0 Å². The first-order valence-electron chi connectivity index (χ1n) is 7.05. The molecule has 0 spiro atoms. The van der Waals surface area contributed by atoms with Crippen LogP contribution in [0.15, 0.2) is 110 Å². The van der Waals surface area contributed by atoms with Gasteiger partial charge in [0.1, 0.15) is 0 Å². The highest BCUT2D eigenvalue weighted by atomic mass is 28.3. The molecule has 0 heterocycles. The normalized spacial score (nSPS) is 11.8. The van der Waals surface area contributed by atoms with Crippen molar-refractivity contribution in [1.29, 1.82) is 0 Å². The second-order valence-electron chi connectivity index (χ2n) is 4.79. The molecule has 0 nitrogen and oxygen atoms in total. The number of benzene rings is 2. The van der Waals surface area contributed by atoms with Crippen LogP contribution in [0.3, 0.4) is 0 Å². The van der Waals surface area contributed by atoms with E-state index in [0.29, 0.717) is 0 Å². The molecule has 2 aromatic carbocycles. The lowest BCUT2D eigenvalue weighted by atomic mass is 10.4. The van der Waals surface area contributed by atoms with E-state index in [1.54, 1.807) is 0 Å². The van der Waals surface area contributed by atoms with Gasteiger partial charge < -0.3 is 0 Å². The lowest BCUT2D eigenvalue weighted by molar-refractivity contribution is 1.70. The smallest absolute Gasteiger partial charge is 0.0991 e. The third kappa shape index (κ3) is 3.39. The lowest BCUT2D eigenvalue weighted by Crippen LogP contribution is -2.55. The molecule has 0 bridgehead atoms. The molecular weight excluding hydrogens is 268 g/mol. The first-order valence-corrected chi connectivity index (χ1v) is 9.20. The third-order valence-corrected chi connectivity index (χ3v) is 7.51. The van der Waals surface area contributed by atoms with E-state index in [2.05, 4.69) is 97.4 Å². The molecule has 104 valence electrons. The fourth-order valence-corrected chi connectivity index (χ4v) is 6.06. The van der Waals surface area contributed by atoms with E-state index in [9.17, 15) is 0 Å². The summed E-state index contributed by atoms with van der Waals surface area (Å²) < 4.78 is 0. The van der Waals surface area contributed by atoms with Crippen LogP contribution >= 0.6 is 0 Å². The van der Waals surface area contributed by atoms with Gasteiger partial charge in [-0.15, -0.1) is 0 Å². The number of hydrogen-bond donors (Lipinski definition) is 0. The Hall–Kier alpha value is -2.38. The van der Waals surface area contributed by atoms with Gasteiger partial charge in [0.15, 0.2) is 8.07 Å². The molecule has 2 aromatic rings. The second-order valence-corrected chi connectivity index (χ2v) is 8.35. The van der Waals surface area contributed by atoms with Crippen LogP contribution in [0.5, 0.6) is 0 Å². The Bertz CT molecular complexity index is 577. The van der Waals surface area contributed by atoms with Gasteiger partial charge in [-0.25, -0.2) is 0 Å². The number of hydrogen-bond acceptors (Lipinski definition) is 0. The van der Waals surface area contributed by atoms with Gasteiger partial charge in [0.2, 0.25) is 0 Å². The summed E-state index contributed by atoms with van der Waals surface area (Å²) in [6, 6.07) is 21.4. The summed E-state index contributed by atoms with van der Waals surface area (Å²) in [6.07, 6.45) is 7.80. The molecule has 1 heteroatoms. The van der Waals surface area contributed by atoms with E-state index < -0.39 is 8.07 Å². The average Bonchev–Trinajstić information content (AvgIpc) is 2.57. The van der Waals surface area contributed by atoms with Gasteiger partial charge in [-0.3, -0.25) is 0 Å². The van der Waals surface area contributed by atoms with Crippen LogP contribution in [0.1, 0.15) is 0 Å².